The molecule has 15 heteroatoms. The summed E-state index contributed by atoms with van der Waals surface area (Å²) in [5.74, 6) is -4.29. The van der Waals surface area contributed by atoms with E-state index in [4.69, 9.17) is 43.6 Å². The molecule has 2 aliphatic heterocycles. The van der Waals surface area contributed by atoms with E-state index in [1.54, 1.807) is 13.8 Å². The third-order valence-electron chi connectivity index (χ3n) is 6.92. The standard InChI is InChI=1S/C29H48N2O13/c1-7-10-20(31-28(36)39-14-21-15-40-29(5,6)44-21)11-8-9-12-37-27-22(13-24(30)35)25(41-18(3)33)26(42-19(4)34)23(43-27)16-38-17(2)32/h20-23,25-27H,7-16H2,1-6H3,(H2,30,35)(H,31,36)/t20?,21-,22-,23-,25-,26+,27-/m1/s1. The highest BCUT2D eigenvalue weighted by atomic mass is 16.8. The normalized spacial score (nSPS) is 26.7. The van der Waals surface area contributed by atoms with E-state index < -0.39 is 66.2 Å². The number of rotatable bonds is 17. The van der Waals surface area contributed by atoms with E-state index in [2.05, 4.69) is 5.32 Å². The number of carbonyl (C=O) groups excluding carboxylic acids is 5. The fourth-order valence-electron chi connectivity index (χ4n) is 5.13. The Balaban J connectivity index is 1.97. The zero-order valence-corrected chi connectivity index (χ0v) is 26.5. The molecule has 2 aliphatic rings. The molecule has 2 saturated heterocycles. The summed E-state index contributed by atoms with van der Waals surface area (Å²) in [6.07, 6.45) is -2.13. The van der Waals surface area contributed by atoms with Gasteiger partial charge in [0, 0.05) is 39.8 Å². The van der Waals surface area contributed by atoms with Crippen LogP contribution in [-0.2, 0) is 57.1 Å². The molecule has 252 valence electrons. The summed E-state index contributed by atoms with van der Waals surface area (Å²) >= 11 is 0. The van der Waals surface area contributed by atoms with E-state index in [9.17, 15) is 24.0 Å². The second-order valence-corrected chi connectivity index (χ2v) is 11.4. The van der Waals surface area contributed by atoms with Crippen molar-refractivity contribution >= 4 is 29.9 Å². The number of ether oxygens (including phenoxy) is 8. The van der Waals surface area contributed by atoms with Crippen molar-refractivity contribution < 1.29 is 61.9 Å². The maximum atomic E-state index is 12.4. The summed E-state index contributed by atoms with van der Waals surface area (Å²) in [4.78, 5) is 59.7. The van der Waals surface area contributed by atoms with Crippen molar-refractivity contribution in [3.05, 3.63) is 0 Å². The molecule has 0 aromatic heterocycles. The van der Waals surface area contributed by atoms with E-state index in [0.29, 0.717) is 25.9 Å². The number of alkyl carbamates (subject to hydrolysis) is 1. The van der Waals surface area contributed by atoms with Crippen molar-refractivity contribution in [1.82, 2.24) is 5.32 Å². The second-order valence-electron chi connectivity index (χ2n) is 11.4. The lowest BCUT2D eigenvalue weighted by Gasteiger charge is -2.44. The predicted molar refractivity (Wildman–Crippen MR) is 152 cm³/mol. The van der Waals surface area contributed by atoms with Crippen LogP contribution < -0.4 is 11.1 Å². The zero-order chi connectivity index (χ0) is 32.9. The van der Waals surface area contributed by atoms with Gasteiger partial charge in [0.1, 0.15) is 31.5 Å². The number of carbonyl (C=O) groups is 5. The Morgan fingerprint density at radius 1 is 0.932 bits per heavy atom. The molecule has 0 bridgehead atoms. The molecule has 0 aliphatic carbocycles. The number of unbranched alkanes of at least 4 members (excludes halogenated alkanes) is 1. The minimum absolute atomic E-state index is 0.0842. The van der Waals surface area contributed by atoms with Crippen molar-refractivity contribution in [1.29, 1.82) is 0 Å². The van der Waals surface area contributed by atoms with Crippen molar-refractivity contribution in [3.8, 4) is 0 Å². The molecule has 0 aromatic rings. The maximum absolute atomic E-state index is 12.4. The van der Waals surface area contributed by atoms with Gasteiger partial charge in [-0.25, -0.2) is 4.79 Å². The van der Waals surface area contributed by atoms with Crippen LogP contribution in [0.25, 0.3) is 0 Å². The fourth-order valence-corrected chi connectivity index (χ4v) is 5.13. The predicted octanol–water partition coefficient (Wildman–Crippen LogP) is 1.86. The number of nitrogens with two attached hydrogens (primary N) is 1. The molecule has 2 amide bonds. The van der Waals surface area contributed by atoms with Gasteiger partial charge in [0.05, 0.1) is 12.5 Å². The van der Waals surface area contributed by atoms with Crippen molar-refractivity contribution in [2.75, 3.05) is 26.4 Å². The molecule has 15 nitrogen and oxygen atoms in total. The summed E-state index contributed by atoms with van der Waals surface area (Å²) in [6, 6.07) is -0.121. The van der Waals surface area contributed by atoms with Crippen LogP contribution >= 0.6 is 0 Å². The molecular formula is C29H48N2O13. The highest BCUT2D eigenvalue weighted by molar-refractivity contribution is 5.74. The monoisotopic (exact) mass is 632 g/mol. The lowest BCUT2D eigenvalue weighted by Crippen LogP contribution is -2.59. The molecule has 0 aromatic carbocycles. The first kappa shape index (κ1) is 37.2. The largest absolute Gasteiger partial charge is 0.463 e. The van der Waals surface area contributed by atoms with Crippen LogP contribution in [0.3, 0.4) is 0 Å². The number of nitrogens with one attached hydrogen (secondary N) is 1. The summed E-state index contributed by atoms with van der Waals surface area (Å²) in [6.45, 7) is 9.46. The molecule has 0 saturated carbocycles. The molecule has 3 N–H and O–H groups in total. The first-order chi connectivity index (χ1) is 20.7. The molecule has 2 fully saturated rings. The smallest absolute Gasteiger partial charge is 0.407 e. The quantitative estimate of drug-likeness (QED) is 0.134. The van der Waals surface area contributed by atoms with Crippen LogP contribution in [0.2, 0.25) is 0 Å². The average Bonchev–Trinajstić information content (AvgIpc) is 3.26. The van der Waals surface area contributed by atoms with Gasteiger partial charge in [-0.3, -0.25) is 19.2 Å². The summed E-state index contributed by atoms with van der Waals surface area (Å²) in [7, 11) is 0. The van der Waals surface area contributed by atoms with Crippen LogP contribution in [-0.4, -0.2) is 98.9 Å². The van der Waals surface area contributed by atoms with E-state index in [0.717, 1.165) is 12.8 Å². The molecule has 1 unspecified atom stereocenters. The van der Waals surface area contributed by atoms with Gasteiger partial charge in [0.2, 0.25) is 5.91 Å². The maximum Gasteiger partial charge on any atom is 0.407 e. The average molecular weight is 633 g/mol. The van der Waals surface area contributed by atoms with Gasteiger partial charge in [0.15, 0.2) is 18.2 Å². The molecule has 7 atom stereocenters. The first-order valence-electron chi connectivity index (χ1n) is 15.0. The molecule has 0 spiro atoms. The first-order valence-corrected chi connectivity index (χ1v) is 15.0. The second kappa shape index (κ2) is 18.1. The Morgan fingerprint density at radius 2 is 1.61 bits per heavy atom. The zero-order valence-electron chi connectivity index (χ0n) is 26.5. The van der Waals surface area contributed by atoms with Gasteiger partial charge in [0.25, 0.3) is 0 Å². The minimum Gasteiger partial charge on any atom is -0.463 e. The highest BCUT2D eigenvalue weighted by Gasteiger charge is 2.51. The lowest BCUT2D eigenvalue weighted by atomic mass is 9.87. The molecule has 2 rings (SSSR count). The lowest BCUT2D eigenvalue weighted by molar-refractivity contribution is -0.291. The number of amides is 2. The molecule has 2 heterocycles. The number of primary amides is 1. The number of hydrogen-bond donors (Lipinski definition) is 2. The Kier molecular flexibility index (Phi) is 15.3. The summed E-state index contributed by atoms with van der Waals surface area (Å²) in [5.41, 5.74) is 5.48. The molecule has 44 heavy (non-hydrogen) atoms. The number of esters is 3. The Bertz CT molecular complexity index is 975. The Labute approximate surface area is 258 Å². The highest BCUT2D eigenvalue weighted by Crippen LogP contribution is 2.34. The van der Waals surface area contributed by atoms with Crippen molar-refractivity contribution in [3.63, 3.8) is 0 Å². The van der Waals surface area contributed by atoms with Crippen LogP contribution in [0.15, 0.2) is 0 Å². The third kappa shape index (κ3) is 13.3. The van der Waals surface area contributed by atoms with Gasteiger partial charge >= 0.3 is 24.0 Å². The SMILES string of the molecule is CCCC(CCCCO[C@@H]1O[C@H](COC(C)=O)[C@H](OC(C)=O)[C@H](OC(C)=O)[C@H]1CC(N)=O)NC(=O)OC[C@@H]1COC(C)(C)O1. The topological polar surface area (TPSA) is 197 Å². The van der Waals surface area contributed by atoms with E-state index in [1.165, 1.54) is 20.8 Å². The van der Waals surface area contributed by atoms with E-state index in [1.807, 2.05) is 6.92 Å². The van der Waals surface area contributed by atoms with Crippen LogP contribution in [0, 0.1) is 5.92 Å². The van der Waals surface area contributed by atoms with E-state index >= 15 is 0 Å². The van der Waals surface area contributed by atoms with Crippen LogP contribution in [0.4, 0.5) is 4.79 Å². The van der Waals surface area contributed by atoms with Gasteiger partial charge < -0.3 is 48.9 Å². The fraction of sp³-hybridized carbons (Fsp3) is 0.828. The summed E-state index contributed by atoms with van der Waals surface area (Å²) in [5, 5.41) is 2.90. The van der Waals surface area contributed by atoms with Crippen molar-refractivity contribution in [2.24, 2.45) is 11.7 Å². The van der Waals surface area contributed by atoms with Gasteiger partial charge in [-0.15, -0.1) is 0 Å². The van der Waals surface area contributed by atoms with Crippen molar-refractivity contribution in [2.45, 2.75) is 123 Å². The van der Waals surface area contributed by atoms with Gasteiger partial charge in [-0.05, 0) is 39.5 Å². The molecular weight excluding hydrogens is 584 g/mol. The van der Waals surface area contributed by atoms with E-state index in [-0.39, 0.29) is 38.4 Å². The van der Waals surface area contributed by atoms with Gasteiger partial charge in [-0.2, -0.15) is 0 Å². The Hall–Kier alpha value is -3.01. The Morgan fingerprint density at radius 3 is 2.18 bits per heavy atom. The number of hydrogen-bond acceptors (Lipinski definition) is 13. The van der Waals surface area contributed by atoms with Gasteiger partial charge in [-0.1, -0.05) is 13.3 Å². The van der Waals surface area contributed by atoms with Crippen LogP contribution in [0.5, 0.6) is 0 Å². The molecule has 0 radical (unpaired) electrons. The van der Waals surface area contributed by atoms with Crippen LogP contribution in [0.1, 0.15) is 80.1 Å². The minimum atomic E-state index is -1.18. The third-order valence-corrected chi connectivity index (χ3v) is 6.92. The summed E-state index contributed by atoms with van der Waals surface area (Å²) < 4.78 is 44.4.